The van der Waals surface area contributed by atoms with Crippen molar-refractivity contribution in [3.8, 4) is 0 Å². The van der Waals surface area contributed by atoms with E-state index in [0.29, 0.717) is 38.9 Å². The average molecular weight is 285 g/mol. The van der Waals surface area contributed by atoms with Crippen molar-refractivity contribution < 1.29 is 24.5 Å². The first-order chi connectivity index (χ1) is 9.41. The molecule has 0 bridgehead atoms. The number of hydrogen-bond acceptors (Lipinski definition) is 4. The van der Waals surface area contributed by atoms with Gasteiger partial charge in [0.05, 0.1) is 17.4 Å². The van der Waals surface area contributed by atoms with Gasteiger partial charge in [-0.3, -0.25) is 9.59 Å². The SMILES string of the molecule is CC1C[C@H](C(=O)NCC2(O)CCOCC2)[C@H](C(=O)O)C1. The molecule has 6 heteroatoms. The fraction of sp³-hybridized carbons (Fsp3) is 0.857. The number of hydrogen-bond donors (Lipinski definition) is 3. The quantitative estimate of drug-likeness (QED) is 0.694. The molecule has 3 atom stereocenters. The van der Waals surface area contributed by atoms with Crippen LogP contribution in [0.3, 0.4) is 0 Å². The minimum Gasteiger partial charge on any atom is -0.481 e. The summed E-state index contributed by atoms with van der Waals surface area (Å²) < 4.78 is 5.18. The standard InChI is InChI=1S/C14H23NO5/c1-9-6-10(11(7-9)13(17)18)12(16)15-8-14(19)2-4-20-5-3-14/h9-11,19H,2-8H2,1H3,(H,15,16)(H,17,18)/t9?,10-,11+/m0/s1. The van der Waals surface area contributed by atoms with Crippen LogP contribution in [-0.2, 0) is 14.3 Å². The molecule has 2 aliphatic rings. The molecule has 1 aliphatic carbocycles. The van der Waals surface area contributed by atoms with E-state index in [2.05, 4.69) is 5.32 Å². The van der Waals surface area contributed by atoms with Crippen molar-refractivity contribution in [2.75, 3.05) is 19.8 Å². The molecule has 1 saturated carbocycles. The lowest BCUT2D eigenvalue weighted by atomic mass is 9.92. The van der Waals surface area contributed by atoms with Crippen LogP contribution < -0.4 is 5.32 Å². The van der Waals surface area contributed by atoms with Crippen molar-refractivity contribution in [3.63, 3.8) is 0 Å². The van der Waals surface area contributed by atoms with Crippen molar-refractivity contribution in [1.82, 2.24) is 5.32 Å². The highest BCUT2D eigenvalue weighted by Gasteiger charge is 2.41. The van der Waals surface area contributed by atoms with Gasteiger partial charge in [0, 0.05) is 32.6 Å². The second-order valence-corrected chi connectivity index (χ2v) is 6.18. The van der Waals surface area contributed by atoms with Gasteiger partial charge in [-0.1, -0.05) is 6.92 Å². The Morgan fingerprint density at radius 3 is 2.45 bits per heavy atom. The molecule has 3 N–H and O–H groups in total. The Bertz CT molecular complexity index is 378. The number of carboxylic acids is 1. The van der Waals surface area contributed by atoms with Crippen LogP contribution in [0.4, 0.5) is 0 Å². The third kappa shape index (κ3) is 3.49. The van der Waals surface area contributed by atoms with Gasteiger partial charge in [-0.2, -0.15) is 0 Å². The summed E-state index contributed by atoms with van der Waals surface area (Å²) in [7, 11) is 0. The monoisotopic (exact) mass is 285 g/mol. The lowest BCUT2D eigenvalue weighted by Crippen LogP contribution is -2.48. The van der Waals surface area contributed by atoms with E-state index in [1.54, 1.807) is 0 Å². The van der Waals surface area contributed by atoms with Gasteiger partial charge >= 0.3 is 5.97 Å². The van der Waals surface area contributed by atoms with Gasteiger partial charge in [-0.25, -0.2) is 0 Å². The number of ether oxygens (including phenoxy) is 1. The highest BCUT2D eigenvalue weighted by Crippen LogP contribution is 2.36. The summed E-state index contributed by atoms with van der Waals surface area (Å²) in [6.07, 6.45) is 2.14. The second-order valence-electron chi connectivity index (χ2n) is 6.18. The molecule has 20 heavy (non-hydrogen) atoms. The molecule has 0 spiro atoms. The van der Waals surface area contributed by atoms with Crippen LogP contribution in [0.25, 0.3) is 0 Å². The molecule has 0 aromatic heterocycles. The van der Waals surface area contributed by atoms with Crippen LogP contribution in [0.1, 0.15) is 32.6 Å². The predicted molar refractivity (Wildman–Crippen MR) is 71.0 cm³/mol. The minimum absolute atomic E-state index is 0.173. The number of amides is 1. The largest absolute Gasteiger partial charge is 0.481 e. The molecule has 0 aromatic rings. The minimum atomic E-state index is -0.920. The number of rotatable bonds is 4. The molecule has 0 aromatic carbocycles. The van der Waals surface area contributed by atoms with E-state index >= 15 is 0 Å². The van der Waals surface area contributed by atoms with Crippen molar-refractivity contribution in [3.05, 3.63) is 0 Å². The summed E-state index contributed by atoms with van der Waals surface area (Å²) in [5.41, 5.74) is -0.920. The maximum absolute atomic E-state index is 12.2. The van der Waals surface area contributed by atoms with Gasteiger partial charge < -0.3 is 20.3 Å². The van der Waals surface area contributed by atoms with E-state index in [-0.39, 0.29) is 18.4 Å². The van der Waals surface area contributed by atoms with Crippen molar-refractivity contribution in [1.29, 1.82) is 0 Å². The van der Waals surface area contributed by atoms with E-state index in [0.717, 1.165) is 0 Å². The maximum Gasteiger partial charge on any atom is 0.307 e. The molecule has 2 fully saturated rings. The molecule has 0 radical (unpaired) electrons. The van der Waals surface area contributed by atoms with E-state index in [1.807, 2.05) is 6.92 Å². The van der Waals surface area contributed by atoms with E-state index in [1.165, 1.54) is 0 Å². The third-order valence-electron chi connectivity index (χ3n) is 4.47. The molecule has 6 nitrogen and oxygen atoms in total. The van der Waals surface area contributed by atoms with Crippen molar-refractivity contribution in [2.45, 2.75) is 38.2 Å². The summed E-state index contributed by atoms with van der Waals surface area (Å²) in [6, 6.07) is 0. The maximum atomic E-state index is 12.2. The van der Waals surface area contributed by atoms with E-state index in [4.69, 9.17) is 4.74 Å². The normalized spacial score (nSPS) is 32.8. The highest BCUT2D eigenvalue weighted by atomic mass is 16.5. The first kappa shape index (κ1) is 15.3. The van der Waals surface area contributed by atoms with Crippen LogP contribution in [0.15, 0.2) is 0 Å². The first-order valence-corrected chi connectivity index (χ1v) is 7.22. The third-order valence-corrected chi connectivity index (χ3v) is 4.47. The molecule has 2 rings (SSSR count). The molecule has 1 unspecified atom stereocenters. The van der Waals surface area contributed by atoms with Crippen LogP contribution in [0, 0.1) is 17.8 Å². The molecule has 1 saturated heterocycles. The highest BCUT2D eigenvalue weighted by molar-refractivity contribution is 5.85. The summed E-state index contributed by atoms with van der Waals surface area (Å²) in [4.78, 5) is 23.4. The fourth-order valence-electron chi connectivity index (χ4n) is 3.17. The zero-order valence-corrected chi connectivity index (χ0v) is 11.8. The Hall–Kier alpha value is -1.14. The Balaban J connectivity index is 1.89. The number of carbonyl (C=O) groups is 2. The Kier molecular flexibility index (Phi) is 4.65. The zero-order valence-electron chi connectivity index (χ0n) is 11.8. The van der Waals surface area contributed by atoms with Gasteiger partial charge in [-0.05, 0) is 18.8 Å². The number of carbonyl (C=O) groups excluding carboxylic acids is 1. The zero-order chi connectivity index (χ0) is 14.8. The number of aliphatic hydroxyl groups is 1. The van der Waals surface area contributed by atoms with Crippen LogP contribution in [0.5, 0.6) is 0 Å². The Morgan fingerprint density at radius 2 is 1.85 bits per heavy atom. The predicted octanol–water partition coefficient (Wildman–Crippen LogP) is 0.391. The van der Waals surface area contributed by atoms with Crippen LogP contribution in [-0.4, -0.2) is 47.4 Å². The lowest BCUT2D eigenvalue weighted by molar-refractivity contribution is -0.146. The fourth-order valence-corrected chi connectivity index (χ4v) is 3.17. The topological polar surface area (TPSA) is 95.9 Å². The van der Waals surface area contributed by atoms with E-state index < -0.39 is 23.4 Å². The van der Waals surface area contributed by atoms with Crippen molar-refractivity contribution >= 4 is 11.9 Å². The smallest absolute Gasteiger partial charge is 0.307 e. The molecule has 114 valence electrons. The first-order valence-electron chi connectivity index (χ1n) is 7.22. The summed E-state index contributed by atoms with van der Waals surface area (Å²) in [5, 5.41) is 22.2. The molecule has 1 heterocycles. The lowest BCUT2D eigenvalue weighted by Gasteiger charge is -2.32. The number of carboxylic acid groups (broad SMARTS) is 1. The van der Waals surface area contributed by atoms with E-state index in [9.17, 15) is 19.8 Å². The Morgan fingerprint density at radius 1 is 1.25 bits per heavy atom. The van der Waals surface area contributed by atoms with Gasteiger partial charge in [0.2, 0.25) is 5.91 Å². The van der Waals surface area contributed by atoms with Gasteiger partial charge in [0.25, 0.3) is 0 Å². The molecule has 1 amide bonds. The summed E-state index contributed by atoms with van der Waals surface area (Å²) in [6.45, 7) is 3.12. The molecule has 1 aliphatic heterocycles. The van der Waals surface area contributed by atoms with Gasteiger partial charge in [0.15, 0.2) is 0 Å². The van der Waals surface area contributed by atoms with Crippen molar-refractivity contribution in [2.24, 2.45) is 17.8 Å². The number of aliphatic carboxylic acids is 1. The van der Waals surface area contributed by atoms with Crippen LogP contribution >= 0.6 is 0 Å². The number of nitrogens with one attached hydrogen (secondary N) is 1. The second kappa shape index (κ2) is 6.10. The summed E-state index contributed by atoms with van der Waals surface area (Å²) in [5.74, 6) is -1.99. The van der Waals surface area contributed by atoms with Gasteiger partial charge in [-0.15, -0.1) is 0 Å². The molecular formula is C14H23NO5. The summed E-state index contributed by atoms with van der Waals surface area (Å²) >= 11 is 0. The van der Waals surface area contributed by atoms with Gasteiger partial charge in [0.1, 0.15) is 0 Å². The average Bonchev–Trinajstić information content (AvgIpc) is 2.79. The molecular weight excluding hydrogens is 262 g/mol. The Labute approximate surface area is 118 Å². The van der Waals surface area contributed by atoms with Crippen LogP contribution in [0.2, 0.25) is 0 Å².